The molecule has 0 heterocycles. The third-order valence-corrected chi connectivity index (χ3v) is 3.81. The van der Waals surface area contributed by atoms with Gasteiger partial charge in [-0.2, -0.15) is 5.26 Å². The van der Waals surface area contributed by atoms with Crippen molar-refractivity contribution in [1.29, 1.82) is 5.26 Å². The van der Waals surface area contributed by atoms with E-state index in [1.165, 1.54) is 3.57 Å². The van der Waals surface area contributed by atoms with Crippen molar-refractivity contribution >= 4 is 44.2 Å². The maximum atomic E-state index is 8.34. The van der Waals surface area contributed by atoms with Crippen molar-refractivity contribution in [3.63, 3.8) is 0 Å². The van der Waals surface area contributed by atoms with Gasteiger partial charge in [-0.15, -0.1) is 0 Å². The number of benzene rings is 1. The minimum Gasteiger partial charge on any atom is -0.384 e. The standard InChI is InChI=1S/C9H8BrIN2/c10-8-3-2-7(6-9(8)11)13-5-1-4-12/h2-3,6,13H,1,5H2. The van der Waals surface area contributed by atoms with E-state index in [0.29, 0.717) is 13.0 Å². The average Bonchev–Trinajstić information content (AvgIpc) is 2.12. The normalized spacial score (nSPS) is 9.31. The van der Waals surface area contributed by atoms with Crippen molar-refractivity contribution in [1.82, 2.24) is 0 Å². The van der Waals surface area contributed by atoms with E-state index in [1.54, 1.807) is 0 Å². The lowest BCUT2D eigenvalue weighted by Gasteiger charge is -2.04. The molecule has 2 nitrogen and oxygen atoms in total. The largest absolute Gasteiger partial charge is 0.384 e. The Morgan fingerprint density at radius 2 is 2.31 bits per heavy atom. The molecule has 0 aliphatic heterocycles. The van der Waals surface area contributed by atoms with Crippen LogP contribution in [0.4, 0.5) is 5.69 Å². The maximum absolute atomic E-state index is 8.34. The van der Waals surface area contributed by atoms with Gasteiger partial charge in [-0.1, -0.05) is 0 Å². The fourth-order valence-corrected chi connectivity index (χ4v) is 1.63. The summed E-state index contributed by atoms with van der Waals surface area (Å²) in [7, 11) is 0. The van der Waals surface area contributed by atoms with Gasteiger partial charge in [0.05, 0.1) is 12.5 Å². The number of halogens is 2. The topological polar surface area (TPSA) is 35.8 Å². The number of hydrogen-bond donors (Lipinski definition) is 1. The predicted octanol–water partition coefficient (Wildman–Crippen LogP) is 3.38. The van der Waals surface area contributed by atoms with Crippen LogP contribution >= 0.6 is 38.5 Å². The molecule has 0 amide bonds. The highest BCUT2D eigenvalue weighted by Crippen LogP contribution is 2.22. The second kappa shape index (κ2) is 5.45. The van der Waals surface area contributed by atoms with E-state index in [2.05, 4.69) is 49.9 Å². The first-order valence-corrected chi connectivity index (χ1v) is 5.67. The molecule has 0 aromatic heterocycles. The van der Waals surface area contributed by atoms with Crippen LogP contribution in [-0.4, -0.2) is 6.54 Å². The average molecular weight is 351 g/mol. The van der Waals surface area contributed by atoms with Crippen molar-refractivity contribution in [2.75, 3.05) is 11.9 Å². The van der Waals surface area contributed by atoms with Gasteiger partial charge in [0.1, 0.15) is 0 Å². The van der Waals surface area contributed by atoms with Gasteiger partial charge >= 0.3 is 0 Å². The Labute approximate surface area is 99.6 Å². The summed E-state index contributed by atoms with van der Waals surface area (Å²) in [5.74, 6) is 0. The molecule has 1 aromatic rings. The van der Waals surface area contributed by atoms with Gasteiger partial charge in [-0.05, 0) is 56.7 Å². The molecule has 0 fully saturated rings. The van der Waals surface area contributed by atoms with Crippen LogP contribution in [0.5, 0.6) is 0 Å². The van der Waals surface area contributed by atoms with Crippen LogP contribution in [0.1, 0.15) is 6.42 Å². The lowest BCUT2D eigenvalue weighted by molar-refractivity contribution is 1.07. The first-order chi connectivity index (χ1) is 6.24. The zero-order valence-electron chi connectivity index (χ0n) is 6.85. The van der Waals surface area contributed by atoms with Gasteiger partial charge in [-0.25, -0.2) is 0 Å². The lowest BCUT2D eigenvalue weighted by atomic mass is 10.3. The zero-order chi connectivity index (χ0) is 9.68. The second-order valence-corrected chi connectivity index (χ2v) is 4.48. The van der Waals surface area contributed by atoms with Gasteiger partial charge in [-0.3, -0.25) is 0 Å². The molecule has 4 heteroatoms. The van der Waals surface area contributed by atoms with Crippen LogP contribution in [0, 0.1) is 14.9 Å². The van der Waals surface area contributed by atoms with Gasteiger partial charge in [0.25, 0.3) is 0 Å². The minimum atomic E-state index is 0.534. The molecule has 0 aliphatic carbocycles. The van der Waals surface area contributed by atoms with Gasteiger partial charge in [0.15, 0.2) is 0 Å². The van der Waals surface area contributed by atoms with Gasteiger partial charge < -0.3 is 5.32 Å². The summed E-state index contributed by atoms with van der Waals surface area (Å²) in [4.78, 5) is 0. The molecule has 1 rings (SSSR count). The Morgan fingerprint density at radius 3 is 2.92 bits per heavy atom. The number of nitrogens with zero attached hydrogens (tertiary/aromatic N) is 1. The predicted molar refractivity (Wildman–Crippen MR) is 65.6 cm³/mol. The van der Waals surface area contributed by atoms with E-state index in [0.717, 1.165) is 10.2 Å². The molecule has 0 atom stereocenters. The van der Waals surface area contributed by atoms with E-state index < -0.39 is 0 Å². The van der Waals surface area contributed by atoms with Crippen LogP contribution in [0.2, 0.25) is 0 Å². The smallest absolute Gasteiger partial charge is 0.0640 e. The van der Waals surface area contributed by atoms with E-state index in [1.807, 2.05) is 18.2 Å². The Hall–Kier alpha value is -0.280. The van der Waals surface area contributed by atoms with Crippen molar-refractivity contribution in [2.45, 2.75) is 6.42 Å². The highest BCUT2D eigenvalue weighted by atomic mass is 127. The lowest BCUT2D eigenvalue weighted by Crippen LogP contribution is -2.00. The number of rotatable bonds is 3. The summed E-state index contributed by atoms with van der Waals surface area (Å²) in [6, 6.07) is 8.12. The summed E-state index contributed by atoms with van der Waals surface area (Å²) >= 11 is 5.68. The highest BCUT2D eigenvalue weighted by Gasteiger charge is 1.97. The molecule has 0 saturated carbocycles. The molecule has 68 valence electrons. The molecule has 0 saturated heterocycles. The summed E-state index contributed by atoms with van der Waals surface area (Å²) in [6.45, 7) is 0.703. The zero-order valence-corrected chi connectivity index (χ0v) is 10.6. The Bertz CT molecular complexity index is 333. The fourth-order valence-electron chi connectivity index (χ4n) is 0.869. The molecule has 1 N–H and O–H groups in total. The molecule has 0 aliphatic rings. The van der Waals surface area contributed by atoms with E-state index >= 15 is 0 Å². The van der Waals surface area contributed by atoms with Gasteiger partial charge in [0.2, 0.25) is 0 Å². The summed E-state index contributed by atoms with van der Waals surface area (Å²) in [6.07, 6.45) is 0.534. The van der Waals surface area contributed by atoms with Crippen molar-refractivity contribution < 1.29 is 0 Å². The van der Waals surface area contributed by atoms with Gasteiger partial charge in [0, 0.05) is 20.3 Å². The van der Waals surface area contributed by atoms with Crippen LogP contribution in [0.25, 0.3) is 0 Å². The maximum Gasteiger partial charge on any atom is 0.0640 e. The molecular formula is C9H8BrIN2. The Kier molecular flexibility index (Phi) is 4.53. The third kappa shape index (κ3) is 3.53. The van der Waals surface area contributed by atoms with Crippen molar-refractivity contribution in [3.8, 4) is 6.07 Å². The third-order valence-electron chi connectivity index (χ3n) is 1.49. The summed E-state index contributed by atoms with van der Waals surface area (Å²) in [5.41, 5.74) is 1.06. The van der Waals surface area contributed by atoms with Crippen molar-refractivity contribution in [2.24, 2.45) is 0 Å². The minimum absolute atomic E-state index is 0.534. The summed E-state index contributed by atoms with van der Waals surface area (Å²) in [5, 5.41) is 11.5. The molecule has 13 heavy (non-hydrogen) atoms. The monoisotopic (exact) mass is 350 g/mol. The quantitative estimate of drug-likeness (QED) is 0.670. The first kappa shape index (κ1) is 10.8. The number of nitriles is 1. The second-order valence-electron chi connectivity index (χ2n) is 2.46. The van der Waals surface area contributed by atoms with E-state index in [9.17, 15) is 0 Å². The number of anilines is 1. The molecule has 0 spiro atoms. The van der Waals surface area contributed by atoms with E-state index in [4.69, 9.17) is 5.26 Å². The fraction of sp³-hybridized carbons (Fsp3) is 0.222. The Morgan fingerprint density at radius 1 is 1.54 bits per heavy atom. The van der Waals surface area contributed by atoms with Crippen LogP contribution in [0.3, 0.4) is 0 Å². The number of nitrogens with one attached hydrogen (secondary N) is 1. The van der Waals surface area contributed by atoms with E-state index in [-0.39, 0.29) is 0 Å². The molecule has 0 unspecified atom stereocenters. The highest BCUT2D eigenvalue weighted by molar-refractivity contribution is 14.1. The first-order valence-electron chi connectivity index (χ1n) is 3.80. The summed E-state index contributed by atoms with van der Waals surface area (Å²) < 4.78 is 2.26. The van der Waals surface area contributed by atoms with Crippen molar-refractivity contribution in [3.05, 3.63) is 26.2 Å². The molecule has 1 aromatic carbocycles. The Balaban J connectivity index is 2.59. The molecule has 0 bridgehead atoms. The van der Waals surface area contributed by atoms with Crippen LogP contribution < -0.4 is 5.32 Å². The van der Waals surface area contributed by atoms with Crippen LogP contribution in [-0.2, 0) is 0 Å². The number of hydrogen-bond acceptors (Lipinski definition) is 2. The SMILES string of the molecule is N#CCCNc1ccc(Br)c(I)c1. The van der Waals surface area contributed by atoms with Crippen LogP contribution in [0.15, 0.2) is 22.7 Å². The molecule has 0 radical (unpaired) electrons. The molecular weight excluding hydrogens is 343 g/mol.